The predicted octanol–water partition coefficient (Wildman–Crippen LogP) is 1.69. The Morgan fingerprint density at radius 1 is 1.33 bits per heavy atom. The molecule has 0 saturated carbocycles. The number of rotatable bonds is 4. The Balaban J connectivity index is 2.98. The fourth-order valence-corrected chi connectivity index (χ4v) is 1.97. The lowest BCUT2D eigenvalue weighted by molar-refractivity contribution is 0.137. The Morgan fingerprint density at radius 2 is 1.89 bits per heavy atom. The summed E-state index contributed by atoms with van der Waals surface area (Å²) in [6, 6.07) is 2.97. The summed E-state index contributed by atoms with van der Waals surface area (Å²) in [5.74, 6) is -1.51. The lowest BCUT2D eigenvalue weighted by atomic mass is 9.98. The number of hydrogen-bond donors (Lipinski definition) is 1. The van der Waals surface area contributed by atoms with Gasteiger partial charge < -0.3 is 5.11 Å². The van der Waals surface area contributed by atoms with E-state index in [1.165, 1.54) is 19.9 Å². The molecule has 0 aromatic heterocycles. The van der Waals surface area contributed by atoms with Gasteiger partial charge in [0.2, 0.25) is 0 Å². The second-order valence-corrected chi connectivity index (χ2v) is 7.43. The Bertz CT molecular complexity index is 538. The van der Waals surface area contributed by atoms with Crippen LogP contribution < -0.4 is 0 Å². The maximum atomic E-state index is 13.4. The molecule has 3 nitrogen and oxygen atoms in total. The first-order chi connectivity index (χ1) is 8.05. The van der Waals surface area contributed by atoms with Gasteiger partial charge in [-0.05, 0) is 25.5 Å². The highest BCUT2D eigenvalue weighted by Gasteiger charge is 2.38. The van der Waals surface area contributed by atoms with Crippen molar-refractivity contribution in [2.45, 2.75) is 31.1 Å². The molecular weight excluding hydrogens is 262 g/mol. The summed E-state index contributed by atoms with van der Waals surface area (Å²) in [5.41, 5.74) is 0.0839. The molecule has 1 N–H and O–H groups in total. The van der Waals surface area contributed by atoms with Crippen LogP contribution in [0.25, 0.3) is 0 Å². The van der Waals surface area contributed by atoms with Crippen LogP contribution in [0.2, 0.25) is 0 Å². The molecule has 1 aromatic carbocycles. The molecule has 6 heteroatoms. The van der Waals surface area contributed by atoms with Crippen LogP contribution in [0, 0.1) is 11.6 Å². The van der Waals surface area contributed by atoms with Gasteiger partial charge in [-0.3, -0.25) is 0 Å². The number of aliphatic hydroxyl groups is 1. The summed E-state index contributed by atoms with van der Waals surface area (Å²) < 4.78 is 47.7. The van der Waals surface area contributed by atoms with Crippen LogP contribution in [-0.2, 0) is 16.3 Å². The van der Waals surface area contributed by atoms with E-state index in [-0.39, 0.29) is 12.0 Å². The van der Waals surface area contributed by atoms with E-state index in [1.807, 2.05) is 0 Å². The third-order valence-electron chi connectivity index (χ3n) is 3.19. The molecule has 0 aliphatic heterocycles. The van der Waals surface area contributed by atoms with Crippen molar-refractivity contribution in [1.82, 2.24) is 0 Å². The van der Waals surface area contributed by atoms with Gasteiger partial charge in [-0.15, -0.1) is 0 Å². The normalized spacial score (nSPS) is 14.6. The first-order valence-corrected chi connectivity index (χ1v) is 7.26. The number of benzene rings is 1. The predicted molar refractivity (Wildman–Crippen MR) is 65.0 cm³/mol. The molecular formula is C12H16F2O3S. The lowest BCUT2D eigenvalue weighted by Gasteiger charge is -2.28. The number of halogens is 2. The molecule has 0 amide bonds. The van der Waals surface area contributed by atoms with Gasteiger partial charge in [0.05, 0.1) is 10.9 Å². The van der Waals surface area contributed by atoms with Crippen LogP contribution in [0.3, 0.4) is 0 Å². The first kappa shape index (κ1) is 15.0. The van der Waals surface area contributed by atoms with Gasteiger partial charge >= 0.3 is 0 Å². The molecule has 0 heterocycles. The van der Waals surface area contributed by atoms with E-state index in [0.717, 1.165) is 12.3 Å². The second kappa shape index (κ2) is 4.93. The Kier molecular flexibility index (Phi) is 4.12. The SMILES string of the molecule is CC(C)(C(O)Cc1ccc(F)cc1F)S(C)(=O)=O. The minimum Gasteiger partial charge on any atom is -0.391 e. The molecule has 1 rings (SSSR count). The molecule has 1 atom stereocenters. The topological polar surface area (TPSA) is 54.4 Å². The Hall–Kier alpha value is -1.01. The molecule has 1 aromatic rings. The summed E-state index contributed by atoms with van der Waals surface area (Å²) in [6.45, 7) is 2.74. The zero-order valence-electron chi connectivity index (χ0n) is 10.4. The standard InChI is InChI=1S/C12H16F2O3S/c1-12(2,18(3,16)17)11(15)6-8-4-5-9(13)7-10(8)14/h4-5,7,11,15H,6H2,1-3H3. The van der Waals surface area contributed by atoms with Gasteiger partial charge in [0, 0.05) is 18.7 Å². The van der Waals surface area contributed by atoms with E-state index in [0.29, 0.717) is 6.07 Å². The molecule has 0 radical (unpaired) electrons. The van der Waals surface area contributed by atoms with Gasteiger partial charge in [0.25, 0.3) is 0 Å². The van der Waals surface area contributed by atoms with Crippen LogP contribution in [0.15, 0.2) is 18.2 Å². The summed E-state index contributed by atoms with van der Waals surface area (Å²) in [6.07, 6.45) is -0.448. The van der Waals surface area contributed by atoms with Gasteiger partial charge in [-0.25, -0.2) is 17.2 Å². The number of hydrogen-bond acceptors (Lipinski definition) is 3. The van der Waals surface area contributed by atoms with Crippen molar-refractivity contribution in [3.05, 3.63) is 35.4 Å². The molecule has 102 valence electrons. The molecule has 1 unspecified atom stereocenters. The smallest absolute Gasteiger partial charge is 0.155 e. The molecule has 0 fully saturated rings. The van der Waals surface area contributed by atoms with Crippen LogP contribution in [-0.4, -0.2) is 30.6 Å². The number of sulfone groups is 1. The molecule has 0 bridgehead atoms. The maximum Gasteiger partial charge on any atom is 0.155 e. The zero-order valence-corrected chi connectivity index (χ0v) is 11.3. The average Bonchev–Trinajstić information content (AvgIpc) is 2.20. The fraction of sp³-hybridized carbons (Fsp3) is 0.500. The highest BCUT2D eigenvalue weighted by Crippen LogP contribution is 2.24. The molecule has 0 aliphatic carbocycles. The van der Waals surface area contributed by atoms with Crippen LogP contribution in [0.5, 0.6) is 0 Å². The lowest BCUT2D eigenvalue weighted by Crippen LogP contribution is -2.44. The van der Waals surface area contributed by atoms with Gasteiger partial charge in [0.15, 0.2) is 9.84 Å². The van der Waals surface area contributed by atoms with Gasteiger partial charge in [0.1, 0.15) is 11.6 Å². The number of aliphatic hydroxyl groups excluding tert-OH is 1. The van der Waals surface area contributed by atoms with Crippen molar-refractivity contribution in [2.24, 2.45) is 0 Å². The minimum atomic E-state index is -3.49. The largest absolute Gasteiger partial charge is 0.391 e. The van der Waals surface area contributed by atoms with Crippen molar-refractivity contribution in [2.75, 3.05) is 6.26 Å². The first-order valence-electron chi connectivity index (χ1n) is 5.37. The van der Waals surface area contributed by atoms with Crippen molar-refractivity contribution >= 4 is 9.84 Å². The highest BCUT2D eigenvalue weighted by molar-refractivity contribution is 7.92. The summed E-state index contributed by atoms with van der Waals surface area (Å²) in [4.78, 5) is 0. The summed E-state index contributed by atoms with van der Waals surface area (Å²) >= 11 is 0. The third kappa shape index (κ3) is 3.05. The molecule has 18 heavy (non-hydrogen) atoms. The van der Waals surface area contributed by atoms with Crippen molar-refractivity contribution in [3.63, 3.8) is 0 Å². The van der Waals surface area contributed by atoms with E-state index < -0.39 is 32.3 Å². The summed E-state index contributed by atoms with van der Waals surface area (Å²) in [5, 5.41) is 9.92. The van der Waals surface area contributed by atoms with Gasteiger partial charge in [-0.1, -0.05) is 6.07 Å². The molecule has 0 aliphatic rings. The molecule has 0 saturated heterocycles. The second-order valence-electron chi connectivity index (χ2n) is 4.83. The highest BCUT2D eigenvalue weighted by atomic mass is 32.2. The van der Waals surface area contributed by atoms with Crippen LogP contribution in [0.4, 0.5) is 8.78 Å². The maximum absolute atomic E-state index is 13.4. The van der Waals surface area contributed by atoms with E-state index in [9.17, 15) is 22.3 Å². The van der Waals surface area contributed by atoms with Crippen LogP contribution >= 0.6 is 0 Å². The Morgan fingerprint density at radius 3 is 2.33 bits per heavy atom. The minimum absolute atomic E-state index is 0.0839. The monoisotopic (exact) mass is 278 g/mol. The van der Waals surface area contributed by atoms with E-state index in [1.54, 1.807) is 0 Å². The van der Waals surface area contributed by atoms with Crippen molar-refractivity contribution < 1.29 is 22.3 Å². The van der Waals surface area contributed by atoms with Crippen LogP contribution in [0.1, 0.15) is 19.4 Å². The molecule has 0 spiro atoms. The third-order valence-corrected chi connectivity index (χ3v) is 5.37. The summed E-state index contributed by atoms with van der Waals surface area (Å²) in [7, 11) is -3.49. The van der Waals surface area contributed by atoms with Crippen molar-refractivity contribution in [1.29, 1.82) is 0 Å². The fourth-order valence-electron chi connectivity index (χ4n) is 1.39. The van der Waals surface area contributed by atoms with E-state index in [2.05, 4.69) is 0 Å². The van der Waals surface area contributed by atoms with Crippen molar-refractivity contribution in [3.8, 4) is 0 Å². The van der Waals surface area contributed by atoms with E-state index >= 15 is 0 Å². The Labute approximate surface area is 105 Å². The van der Waals surface area contributed by atoms with E-state index in [4.69, 9.17) is 0 Å². The quantitative estimate of drug-likeness (QED) is 0.912. The average molecular weight is 278 g/mol. The zero-order chi connectivity index (χ0) is 14.1. The van der Waals surface area contributed by atoms with Gasteiger partial charge in [-0.2, -0.15) is 0 Å².